The summed E-state index contributed by atoms with van der Waals surface area (Å²) in [6, 6.07) is 17.5. The zero-order chi connectivity index (χ0) is 20.1. The number of aromatic amines is 1. The molecule has 0 aliphatic heterocycles. The van der Waals surface area contributed by atoms with Gasteiger partial charge in [0, 0.05) is 11.6 Å². The maximum Gasteiger partial charge on any atom is 0.230 e. The van der Waals surface area contributed by atoms with Crippen molar-refractivity contribution in [3.05, 3.63) is 60.7 Å². The van der Waals surface area contributed by atoms with Crippen LogP contribution in [0.2, 0.25) is 0 Å². The molecule has 28 heavy (non-hydrogen) atoms. The highest BCUT2D eigenvalue weighted by atomic mass is 32.2. The van der Waals surface area contributed by atoms with E-state index in [1.807, 2.05) is 44.2 Å². The summed E-state index contributed by atoms with van der Waals surface area (Å²) in [4.78, 5) is 19.6. The molecule has 0 aliphatic carbocycles. The highest BCUT2D eigenvalue weighted by molar-refractivity contribution is 8.00. The van der Waals surface area contributed by atoms with E-state index in [1.54, 1.807) is 18.2 Å². The van der Waals surface area contributed by atoms with Crippen molar-refractivity contribution >= 4 is 27.5 Å². The molecule has 146 valence electrons. The first kappa shape index (κ1) is 20.2. The van der Waals surface area contributed by atoms with Crippen LogP contribution in [0.1, 0.15) is 13.8 Å². The summed E-state index contributed by atoms with van der Waals surface area (Å²) >= 11 is 1.10. The van der Waals surface area contributed by atoms with Gasteiger partial charge in [0.05, 0.1) is 10.6 Å². The molecule has 0 fully saturated rings. The molecule has 2 aromatic carbocycles. The van der Waals surface area contributed by atoms with E-state index in [1.165, 1.54) is 12.1 Å². The average molecular weight is 416 g/mol. The van der Waals surface area contributed by atoms with E-state index in [0.29, 0.717) is 5.82 Å². The van der Waals surface area contributed by atoms with Gasteiger partial charge in [-0.25, -0.2) is 13.4 Å². The smallest absolute Gasteiger partial charge is 0.230 e. The van der Waals surface area contributed by atoms with Crippen LogP contribution in [0.25, 0.3) is 11.4 Å². The molecular weight excluding hydrogens is 394 g/mol. The van der Waals surface area contributed by atoms with Crippen LogP contribution >= 0.6 is 11.8 Å². The third kappa shape index (κ3) is 4.63. The fraction of sp³-hybridized carbons (Fsp3) is 0.200. The largest absolute Gasteiger partial charge is 0.353 e. The Balaban J connectivity index is 1.99. The van der Waals surface area contributed by atoms with Crippen LogP contribution in [-0.2, 0) is 14.6 Å². The second kappa shape index (κ2) is 8.62. The lowest BCUT2D eigenvalue weighted by molar-refractivity contribution is -0.119. The van der Waals surface area contributed by atoms with Gasteiger partial charge >= 0.3 is 0 Å². The quantitative estimate of drug-likeness (QED) is 0.576. The first-order chi connectivity index (χ1) is 13.4. The molecule has 0 saturated heterocycles. The number of sulfone groups is 1. The van der Waals surface area contributed by atoms with Crippen LogP contribution in [0.5, 0.6) is 0 Å². The lowest BCUT2D eigenvalue weighted by Crippen LogP contribution is -2.31. The zero-order valence-electron chi connectivity index (χ0n) is 15.5. The number of H-pyrrole nitrogens is 1. The van der Waals surface area contributed by atoms with Crippen molar-refractivity contribution in [3.8, 4) is 11.4 Å². The number of carbonyl (C=O) groups excluding carboxylic acids is 1. The van der Waals surface area contributed by atoms with Crippen LogP contribution in [0.15, 0.2) is 75.6 Å². The Labute approximate surface area is 168 Å². The van der Waals surface area contributed by atoms with Gasteiger partial charge in [-0.1, -0.05) is 60.3 Å². The van der Waals surface area contributed by atoms with Crippen LogP contribution in [0.3, 0.4) is 0 Å². The van der Waals surface area contributed by atoms with Crippen LogP contribution in [0.4, 0.5) is 0 Å². The van der Waals surface area contributed by atoms with Crippen molar-refractivity contribution in [1.29, 1.82) is 0 Å². The first-order valence-electron chi connectivity index (χ1n) is 8.75. The number of amides is 1. The highest BCUT2D eigenvalue weighted by Crippen LogP contribution is 2.31. The summed E-state index contributed by atoms with van der Waals surface area (Å²) in [5.74, 6) is 0.350. The van der Waals surface area contributed by atoms with Gasteiger partial charge in [0.1, 0.15) is 10.9 Å². The van der Waals surface area contributed by atoms with Gasteiger partial charge in [-0.15, -0.1) is 0 Å². The van der Waals surface area contributed by atoms with Gasteiger partial charge in [0.25, 0.3) is 0 Å². The normalized spacial score (nSPS) is 11.5. The lowest BCUT2D eigenvalue weighted by atomic mass is 10.2. The van der Waals surface area contributed by atoms with Crippen LogP contribution < -0.4 is 5.32 Å². The van der Waals surface area contributed by atoms with E-state index in [2.05, 4.69) is 15.3 Å². The Morgan fingerprint density at radius 3 is 2.29 bits per heavy atom. The van der Waals surface area contributed by atoms with Crippen LogP contribution in [0, 0.1) is 0 Å². The minimum Gasteiger partial charge on any atom is -0.353 e. The van der Waals surface area contributed by atoms with E-state index in [9.17, 15) is 13.2 Å². The molecule has 6 nitrogen and oxygen atoms in total. The van der Waals surface area contributed by atoms with Crippen molar-refractivity contribution in [3.63, 3.8) is 0 Å². The van der Waals surface area contributed by atoms with Crippen molar-refractivity contribution in [2.45, 2.75) is 34.8 Å². The third-order valence-corrected chi connectivity index (χ3v) is 6.63. The molecule has 0 saturated carbocycles. The summed E-state index contributed by atoms with van der Waals surface area (Å²) in [6.45, 7) is 3.74. The summed E-state index contributed by atoms with van der Waals surface area (Å²) in [5.41, 5.74) is 0.769. The number of aromatic nitrogens is 2. The van der Waals surface area contributed by atoms with Gasteiger partial charge < -0.3 is 10.3 Å². The average Bonchev–Trinajstić information content (AvgIpc) is 3.12. The van der Waals surface area contributed by atoms with E-state index in [0.717, 1.165) is 17.3 Å². The molecule has 0 atom stereocenters. The fourth-order valence-electron chi connectivity index (χ4n) is 2.57. The number of hydrogen-bond acceptors (Lipinski definition) is 5. The van der Waals surface area contributed by atoms with Gasteiger partial charge in [-0.05, 0) is 26.0 Å². The number of hydrogen-bond donors (Lipinski definition) is 2. The van der Waals surface area contributed by atoms with Gasteiger partial charge in [0.15, 0.2) is 5.03 Å². The van der Waals surface area contributed by atoms with E-state index in [-0.39, 0.29) is 32.6 Å². The Hall–Kier alpha value is -2.58. The number of nitrogens with one attached hydrogen (secondary N) is 2. The Bertz CT molecular complexity index is 1050. The predicted octanol–water partition coefficient (Wildman–Crippen LogP) is 3.53. The van der Waals surface area contributed by atoms with E-state index >= 15 is 0 Å². The van der Waals surface area contributed by atoms with Crippen molar-refractivity contribution in [1.82, 2.24) is 15.3 Å². The van der Waals surface area contributed by atoms with E-state index < -0.39 is 9.84 Å². The molecule has 1 aromatic heterocycles. The Morgan fingerprint density at radius 2 is 1.68 bits per heavy atom. The van der Waals surface area contributed by atoms with Gasteiger partial charge in [0.2, 0.25) is 15.7 Å². The molecule has 8 heteroatoms. The van der Waals surface area contributed by atoms with Crippen molar-refractivity contribution in [2.24, 2.45) is 0 Å². The van der Waals surface area contributed by atoms with Gasteiger partial charge in [-0.3, -0.25) is 4.79 Å². The van der Waals surface area contributed by atoms with Gasteiger partial charge in [-0.2, -0.15) is 0 Å². The second-order valence-electron chi connectivity index (χ2n) is 6.41. The monoisotopic (exact) mass is 415 g/mol. The molecule has 3 rings (SSSR count). The summed E-state index contributed by atoms with van der Waals surface area (Å²) in [5, 5.41) is 3.07. The van der Waals surface area contributed by atoms with E-state index in [4.69, 9.17) is 0 Å². The number of imidazole rings is 1. The minimum atomic E-state index is -3.80. The molecule has 1 amide bonds. The molecule has 0 unspecified atom stereocenters. The Kier molecular flexibility index (Phi) is 6.21. The van der Waals surface area contributed by atoms with Crippen molar-refractivity contribution in [2.75, 3.05) is 5.75 Å². The second-order valence-corrected chi connectivity index (χ2v) is 9.26. The lowest BCUT2D eigenvalue weighted by Gasteiger charge is -2.08. The molecule has 0 radical (unpaired) electrons. The summed E-state index contributed by atoms with van der Waals surface area (Å²) in [6.07, 6.45) is 0. The fourth-order valence-corrected chi connectivity index (χ4v) is 5.02. The molecule has 3 aromatic rings. The van der Waals surface area contributed by atoms with Crippen LogP contribution in [-0.4, -0.2) is 36.1 Å². The maximum absolute atomic E-state index is 13.1. The molecule has 0 aliphatic rings. The number of thioether (sulfide) groups is 1. The minimum absolute atomic E-state index is 0.0000926. The number of benzene rings is 2. The molecule has 0 spiro atoms. The zero-order valence-corrected chi connectivity index (χ0v) is 17.2. The standard InChI is InChI=1S/C20H21N3O3S2/c1-14(2)21-17(24)13-27-19-20(28(25,26)16-11-7-4-8-12-16)23-18(22-19)15-9-5-3-6-10-15/h3-12,14H,13H2,1-2H3,(H,21,24)(H,22,23). The number of rotatable bonds is 7. The summed E-state index contributed by atoms with van der Waals surface area (Å²) < 4.78 is 26.3. The summed E-state index contributed by atoms with van der Waals surface area (Å²) in [7, 11) is -3.80. The van der Waals surface area contributed by atoms with Crippen molar-refractivity contribution < 1.29 is 13.2 Å². The Morgan fingerprint density at radius 1 is 1.07 bits per heavy atom. The molecular formula is C20H21N3O3S2. The number of carbonyl (C=O) groups is 1. The molecule has 1 heterocycles. The molecule has 2 N–H and O–H groups in total. The highest BCUT2D eigenvalue weighted by Gasteiger charge is 2.26. The first-order valence-corrected chi connectivity index (χ1v) is 11.2. The molecule has 0 bridgehead atoms. The topological polar surface area (TPSA) is 91.9 Å². The SMILES string of the molecule is CC(C)NC(=O)CSc1nc(-c2ccccc2)[nH]c1S(=O)(=O)c1ccccc1. The predicted molar refractivity (Wildman–Crippen MR) is 110 cm³/mol. The third-order valence-electron chi connectivity index (χ3n) is 3.80. The number of nitrogens with zero attached hydrogens (tertiary/aromatic N) is 1. The maximum atomic E-state index is 13.1.